The van der Waals surface area contributed by atoms with Crippen LogP contribution in [0, 0.1) is 0 Å². The van der Waals surface area contributed by atoms with E-state index in [4.69, 9.17) is 9.47 Å². The number of likely N-dealkylation sites (tertiary alicyclic amines) is 2. The number of hydrogen-bond acceptors (Lipinski definition) is 4. The van der Waals surface area contributed by atoms with Crippen LogP contribution in [0.15, 0.2) is 24.3 Å². The van der Waals surface area contributed by atoms with E-state index >= 15 is 0 Å². The predicted molar refractivity (Wildman–Crippen MR) is 103 cm³/mol. The lowest BCUT2D eigenvalue weighted by Crippen LogP contribution is -2.34. The van der Waals surface area contributed by atoms with Crippen LogP contribution in [0.25, 0.3) is 0 Å². The average Bonchev–Trinajstić information content (AvgIpc) is 3.14. The van der Waals surface area contributed by atoms with Crippen molar-refractivity contribution in [3.63, 3.8) is 0 Å². The number of carbonyl (C=O) groups is 1. The zero-order chi connectivity index (χ0) is 18.2. The molecule has 2 saturated heterocycles. The summed E-state index contributed by atoms with van der Waals surface area (Å²) in [6, 6.07) is 7.82. The van der Waals surface area contributed by atoms with Crippen LogP contribution in [0.2, 0.25) is 0 Å². The predicted octanol–water partition coefficient (Wildman–Crippen LogP) is 2.73. The van der Waals surface area contributed by atoms with Crippen LogP contribution in [0.4, 0.5) is 0 Å². The zero-order valence-corrected chi connectivity index (χ0v) is 16.0. The number of carbonyl (C=O) groups excluding carboxylic acids is 1. The van der Waals surface area contributed by atoms with Gasteiger partial charge >= 0.3 is 0 Å². The third-order valence-corrected chi connectivity index (χ3v) is 5.30. The maximum atomic E-state index is 12.5. The first kappa shape index (κ1) is 19.2. The van der Waals surface area contributed by atoms with Gasteiger partial charge in [0.05, 0.1) is 25.7 Å². The SMILES string of the molecule is CCOc1ccc(CC(=O)N2CC[C@H](OCCN3CCCCC3)C2)cc1. The summed E-state index contributed by atoms with van der Waals surface area (Å²) >= 11 is 0. The van der Waals surface area contributed by atoms with Gasteiger partial charge in [0.1, 0.15) is 5.75 Å². The van der Waals surface area contributed by atoms with Crippen LogP contribution in [-0.2, 0) is 16.0 Å². The first-order chi connectivity index (χ1) is 12.7. The quantitative estimate of drug-likeness (QED) is 0.715. The third-order valence-electron chi connectivity index (χ3n) is 5.30. The first-order valence-corrected chi connectivity index (χ1v) is 10.1. The number of nitrogens with zero attached hydrogens (tertiary/aromatic N) is 2. The molecule has 5 nitrogen and oxygen atoms in total. The molecule has 2 heterocycles. The molecule has 0 spiro atoms. The average molecular weight is 360 g/mol. The highest BCUT2D eigenvalue weighted by Gasteiger charge is 2.26. The molecule has 0 radical (unpaired) electrons. The number of benzene rings is 1. The van der Waals surface area contributed by atoms with E-state index in [-0.39, 0.29) is 12.0 Å². The van der Waals surface area contributed by atoms with Gasteiger partial charge < -0.3 is 19.3 Å². The molecule has 144 valence electrons. The molecule has 1 aromatic rings. The van der Waals surface area contributed by atoms with Gasteiger partial charge in [0.25, 0.3) is 0 Å². The topological polar surface area (TPSA) is 42.0 Å². The molecule has 0 unspecified atom stereocenters. The standard InChI is InChI=1S/C21H32N2O3/c1-2-25-19-8-6-18(7-9-19)16-21(24)23-13-10-20(17-23)26-15-14-22-11-4-3-5-12-22/h6-9,20H,2-5,10-17H2,1H3/t20-/m0/s1. The molecular weight excluding hydrogens is 328 g/mol. The van der Waals surface area contributed by atoms with Crippen LogP contribution in [0.1, 0.15) is 38.2 Å². The van der Waals surface area contributed by atoms with E-state index in [0.29, 0.717) is 13.0 Å². The van der Waals surface area contributed by atoms with Crippen LogP contribution < -0.4 is 4.74 Å². The van der Waals surface area contributed by atoms with Crippen LogP contribution in [0.5, 0.6) is 5.75 Å². The van der Waals surface area contributed by atoms with Gasteiger partial charge in [-0.15, -0.1) is 0 Å². The molecule has 2 aliphatic rings. The lowest BCUT2D eigenvalue weighted by Gasteiger charge is -2.26. The van der Waals surface area contributed by atoms with Crippen LogP contribution in [0.3, 0.4) is 0 Å². The minimum Gasteiger partial charge on any atom is -0.494 e. The normalized spacial score (nSPS) is 21.1. The molecule has 0 saturated carbocycles. The van der Waals surface area contributed by atoms with Gasteiger partial charge in [-0.1, -0.05) is 18.6 Å². The van der Waals surface area contributed by atoms with Crippen molar-refractivity contribution in [3.8, 4) is 5.75 Å². The molecule has 1 aromatic carbocycles. The molecule has 0 aliphatic carbocycles. The highest BCUT2D eigenvalue weighted by atomic mass is 16.5. The monoisotopic (exact) mass is 360 g/mol. The van der Waals surface area contributed by atoms with Gasteiger partial charge in [0.2, 0.25) is 5.91 Å². The second-order valence-corrected chi connectivity index (χ2v) is 7.28. The molecule has 1 amide bonds. The Kier molecular flexibility index (Phi) is 7.32. The molecule has 3 rings (SSSR count). The maximum absolute atomic E-state index is 12.5. The molecule has 2 aliphatic heterocycles. The molecular formula is C21H32N2O3. The number of ether oxygens (including phenoxy) is 2. The van der Waals surface area contributed by atoms with E-state index in [2.05, 4.69) is 4.90 Å². The van der Waals surface area contributed by atoms with E-state index in [1.165, 1.54) is 32.4 Å². The Morgan fingerprint density at radius 2 is 1.88 bits per heavy atom. The van der Waals surface area contributed by atoms with Crippen molar-refractivity contribution in [3.05, 3.63) is 29.8 Å². The zero-order valence-electron chi connectivity index (χ0n) is 16.0. The Morgan fingerprint density at radius 3 is 2.62 bits per heavy atom. The Balaban J connectivity index is 1.36. The van der Waals surface area contributed by atoms with Crippen molar-refractivity contribution in [2.45, 2.75) is 45.1 Å². The highest BCUT2D eigenvalue weighted by molar-refractivity contribution is 5.79. The fourth-order valence-corrected chi connectivity index (χ4v) is 3.78. The second kappa shape index (κ2) is 9.93. The second-order valence-electron chi connectivity index (χ2n) is 7.28. The van der Waals surface area contributed by atoms with Crippen molar-refractivity contribution in [1.82, 2.24) is 9.80 Å². The van der Waals surface area contributed by atoms with Crippen molar-refractivity contribution in [1.29, 1.82) is 0 Å². The lowest BCUT2D eigenvalue weighted by atomic mass is 10.1. The van der Waals surface area contributed by atoms with E-state index in [9.17, 15) is 4.79 Å². The molecule has 5 heteroatoms. The van der Waals surface area contributed by atoms with E-state index in [0.717, 1.165) is 44.0 Å². The molecule has 2 fully saturated rings. The van der Waals surface area contributed by atoms with E-state index < -0.39 is 0 Å². The fraction of sp³-hybridized carbons (Fsp3) is 0.667. The van der Waals surface area contributed by atoms with E-state index in [1.54, 1.807) is 0 Å². The van der Waals surface area contributed by atoms with Gasteiger partial charge in [-0.25, -0.2) is 0 Å². The first-order valence-electron chi connectivity index (χ1n) is 10.1. The minimum absolute atomic E-state index is 0.191. The van der Waals surface area contributed by atoms with Crippen molar-refractivity contribution < 1.29 is 14.3 Å². The number of rotatable bonds is 8. The Morgan fingerprint density at radius 1 is 1.12 bits per heavy atom. The van der Waals surface area contributed by atoms with Gasteiger partial charge in [-0.2, -0.15) is 0 Å². The Bertz CT molecular complexity index is 555. The summed E-state index contributed by atoms with van der Waals surface area (Å²) in [5, 5.41) is 0. The summed E-state index contributed by atoms with van der Waals surface area (Å²) < 4.78 is 11.5. The highest BCUT2D eigenvalue weighted by Crippen LogP contribution is 2.17. The molecule has 0 bridgehead atoms. The van der Waals surface area contributed by atoms with Crippen molar-refractivity contribution in [2.75, 3.05) is 45.9 Å². The molecule has 26 heavy (non-hydrogen) atoms. The molecule has 0 N–H and O–H groups in total. The van der Waals surface area contributed by atoms with Gasteiger partial charge in [-0.05, 0) is 57.0 Å². The summed E-state index contributed by atoms with van der Waals surface area (Å²) in [4.78, 5) is 17.0. The fourth-order valence-electron chi connectivity index (χ4n) is 3.78. The van der Waals surface area contributed by atoms with Gasteiger partial charge in [-0.3, -0.25) is 4.79 Å². The minimum atomic E-state index is 0.191. The van der Waals surface area contributed by atoms with Crippen LogP contribution >= 0.6 is 0 Å². The summed E-state index contributed by atoms with van der Waals surface area (Å²) in [7, 11) is 0. The maximum Gasteiger partial charge on any atom is 0.227 e. The summed E-state index contributed by atoms with van der Waals surface area (Å²) in [6.45, 7) is 8.39. The number of hydrogen-bond donors (Lipinski definition) is 0. The van der Waals surface area contributed by atoms with Gasteiger partial charge in [0, 0.05) is 19.6 Å². The third kappa shape index (κ3) is 5.71. The Hall–Kier alpha value is -1.59. The number of piperidine rings is 1. The molecule has 1 atom stereocenters. The smallest absolute Gasteiger partial charge is 0.227 e. The molecule has 0 aromatic heterocycles. The van der Waals surface area contributed by atoms with Gasteiger partial charge in [0.15, 0.2) is 0 Å². The largest absolute Gasteiger partial charge is 0.494 e. The lowest BCUT2D eigenvalue weighted by molar-refractivity contribution is -0.130. The number of amides is 1. The Labute approximate surface area is 157 Å². The summed E-state index contributed by atoms with van der Waals surface area (Å²) in [5.74, 6) is 1.04. The van der Waals surface area contributed by atoms with Crippen molar-refractivity contribution in [2.24, 2.45) is 0 Å². The summed E-state index contributed by atoms with van der Waals surface area (Å²) in [5.41, 5.74) is 1.04. The van der Waals surface area contributed by atoms with Crippen LogP contribution in [-0.4, -0.2) is 67.7 Å². The van der Waals surface area contributed by atoms with Crippen molar-refractivity contribution >= 4 is 5.91 Å². The van der Waals surface area contributed by atoms with E-state index in [1.807, 2.05) is 36.1 Å². The summed E-state index contributed by atoms with van der Waals surface area (Å²) in [6.07, 6.45) is 5.60.